The monoisotopic (exact) mass is 412 g/mol. The Morgan fingerprint density at radius 2 is 1.76 bits per heavy atom. The van der Waals surface area contributed by atoms with E-state index in [0.29, 0.717) is 5.57 Å². The van der Waals surface area contributed by atoms with Crippen molar-refractivity contribution in [1.29, 1.82) is 0 Å². The van der Waals surface area contributed by atoms with Crippen molar-refractivity contribution in [3.8, 4) is 0 Å². The third kappa shape index (κ3) is 7.78. The Kier molecular flexibility index (Phi) is 11.8. The molecule has 0 fully saturated rings. The molecule has 0 aromatic rings. The SMILES string of the molecule is C=C(C)[C@H](NC)C(=O)N[C@H](C(=O)N(C)[C@@H]([C@@H](C)CC)[C@@H](CC(N)=O)OC)C(C)C. The van der Waals surface area contributed by atoms with Crippen LogP contribution in [0.25, 0.3) is 0 Å². The normalized spacial score (nSPS) is 16.4. The summed E-state index contributed by atoms with van der Waals surface area (Å²) in [5.41, 5.74) is 6.04. The van der Waals surface area contributed by atoms with Crippen LogP contribution in [0.3, 0.4) is 0 Å². The van der Waals surface area contributed by atoms with Gasteiger partial charge in [0.2, 0.25) is 17.7 Å². The molecule has 0 saturated carbocycles. The van der Waals surface area contributed by atoms with Crippen LogP contribution in [0.2, 0.25) is 0 Å². The van der Waals surface area contributed by atoms with Gasteiger partial charge < -0.3 is 26.0 Å². The van der Waals surface area contributed by atoms with Gasteiger partial charge in [-0.05, 0) is 25.8 Å². The van der Waals surface area contributed by atoms with E-state index >= 15 is 0 Å². The lowest BCUT2D eigenvalue weighted by Crippen LogP contribution is -2.59. The molecule has 3 amide bonds. The second kappa shape index (κ2) is 12.6. The molecular formula is C21H40N4O4. The van der Waals surface area contributed by atoms with Gasteiger partial charge >= 0.3 is 0 Å². The Bertz CT molecular complexity index is 579. The minimum Gasteiger partial charge on any atom is -0.379 e. The van der Waals surface area contributed by atoms with Crippen molar-refractivity contribution in [2.45, 2.75) is 71.7 Å². The number of nitrogens with one attached hydrogen (secondary N) is 2. The molecule has 8 nitrogen and oxygen atoms in total. The maximum atomic E-state index is 13.4. The molecule has 0 rings (SSSR count). The molecule has 8 heteroatoms. The summed E-state index contributed by atoms with van der Waals surface area (Å²) in [6, 6.07) is -1.66. The molecule has 0 saturated heterocycles. The predicted molar refractivity (Wildman–Crippen MR) is 115 cm³/mol. The highest BCUT2D eigenvalue weighted by molar-refractivity contribution is 5.91. The number of rotatable bonds is 13. The van der Waals surface area contributed by atoms with Gasteiger partial charge in [-0.25, -0.2) is 0 Å². The van der Waals surface area contributed by atoms with Gasteiger partial charge in [0.1, 0.15) is 12.1 Å². The first-order valence-corrected chi connectivity index (χ1v) is 10.1. The quantitative estimate of drug-likeness (QED) is 0.391. The molecule has 168 valence electrons. The van der Waals surface area contributed by atoms with E-state index in [1.807, 2.05) is 27.7 Å². The zero-order valence-corrected chi connectivity index (χ0v) is 19.2. The van der Waals surface area contributed by atoms with Gasteiger partial charge in [-0.2, -0.15) is 0 Å². The minimum absolute atomic E-state index is 0.0132. The van der Waals surface area contributed by atoms with E-state index in [4.69, 9.17) is 10.5 Å². The van der Waals surface area contributed by atoms with Crippen molar-refractivity contribution in [2.24, 2.45) is 17.6 Å². The summed E-state index contributed by atoms with van der Waals surface area (Å²) < 4.78 is 5.52. The maximum Gasteiger partial charge on any atom is 0.245 e. The first-order chi connectivity index (χ1) is 13.4. The Labute approximate surface area is 175 Å². The molecular weight excluding hydrogens is 372 g/mol. The Morgan fingerprint density at radius 1 is 1.21 bits per heavy atom. The summed E-state index contributed by atoms with van der Waals surface area (Å²) in [6.07, 6.45) is 0.275. The second-order valence-corrected chi connectivity index (χ2v) is 8.07. The molecule has 0 aromatic heterocycles. The number of primary amides is 1. The number of methoxy groups -OCH3 is 1. The van der Waals surface area contributed by atoms with Gasteiger partial charge in [-0.3, -0.25) is 14.4 Å². The van der Waals surface area contributed by atoms with Gasteiger partial charge in [0.05, 0.1) is 18.6 Å². The predicted octanol–water partition coefficient (Wildman–Crippen LogP) is 1.05. The molecule has 0 radical (unpaired) electrons. The molecule has 0 unspecified atom stereocenters. The third-order valence-electron chi connectivity index (χ3n) is 5.38. The lowest BCUT2D eigenvalue weighted by molar-refractivity contribution is -0.143. The van der Waals surface area contributed by atoms with Crippen LogP contribution < -0.4 is 16.4 Å². The Morgan fingerprint density at radius 3 is 2.10 bits per heavy atom. The number of likely N-dealkylation sites (N-methyl/N-ethyl adjacent to an activating group) is 2. The molecule has 0 spiro atoms. The van der Waals surface area contributed by atoms with Crippen LogP contribution in [-0.4, -0.2) is 68.1 Å². The summed E-state index contributed by atoms with van der Waals surface area (Å²) in [7, 11) is 4.86. The number of hydrogen-bond acceptors (Lipinski definition) is 5. The largest absolute Gasteiger partial charge is 0.379 e. The van der Waals surface area contributed by atoms with Crippen LogP contribution in [0, 0.1) is 11.8 Å². The van der Waals surface area contributed by atoms with E-state index in [2.05, 4.69) is 17.2 Å². The maximum absolute atomic E-state index is 13.4. The van der Waals surface area contributed by atoms with Crippen LogP contribution in [0.1, 0.15) is 47.5 Å². The molecule has 5 atom stereocenters. The number of amides is 3. The molecule has 29 heavy (non-hydrogen) atoms. The van der Waals surface area contributed by atoms with Crippen molar-refractivity contribution in [3.05, 3.63) is 12.2 Å². The first kappa shape index (κ1) is 27.1. The molecule has 4 N–H and O–H groups in total. The average molecular weight is 413 g/mol. The van der Waals surface area contributed by atoms with E-state index < -0.39 is 24.1 Å². The standard InChI is InChI=1S/C21H40N4O4/c1-10-14(6)19(15(29-9)11-16(22)26)25(8)21(28)18(13(4)5)24-20(27)17(23-7)12(2)3/h13-15,17-19,23H,2,10-11H2,1,3-9H3,(H2,22,26)(H,24,27)/t14-,15+,17-,18-,19-/m0/s1. The van der Waals surface area contributed by atoms with Crippen LogP contribution >= 0.6 is 0 Å². The highest BCUT2D eigenvalue weighted by Crippen LogP contribution is 2.23. The molecule has 0 bridgehead atoms. The summed E-state index contributed by atoms with van der Waals surface area (Å²) >= 11 is 0. The molecule has 0 aromatic carbocycles. The van der Waals surface area contributed by atoms with Crippen LogP contribution in [-0.2, 0) is 19.1 Å². The van der Waals surface area contributed by atoms with E-state index in [-0.39, 0.29) is 36.1 Å². The summed E-state index contributed by atoms with van der Waals surface area (Å²) in [6.45, 7) is 13.3. The summed E-state index contributed by atoms with van der Waals surface area (Å²) in [5, 5.41) is 5.76. The lowest BCUT2D eigenvalue weighted by Gasteiger charge is -2.39. The second-order valence-electron chi connectivity index (χ2n) is 8.07. The Balaban J connectivity index is 5.75. The van der Waals surface area contributed by atoms with Gasteiger partial charge in [-0.1, -0.05) is 46.3 Å². The Hall–Kier alpha value is -1.93. The van der Waals surface area contributed by atoms with E-state index in [9.17, 15) is 14.4 Å². The smallest absolute Gasteiger partial charge is 0.245 e. The fraction of sp³-hybridized carbons (Fsp3) is 0.762. The highest BCUT2D eigenvalue weighted by atomic mass is 16.5. The molecule has 0 heterocycles. The van der Waals surface area contributed by atoms with Crippen molar-refractivity contribution < 1.29 is 19.1 Å². The third-order valence-corrected chi connectivity index (χ3v) is 5.38. The van der Waals surface area contributed by atoms with Gasteiger partial charge in [-0.15, -0.1) is 0 Å². The number of carbonyl (C=O) groups is 3. The van der Waals surface area contributed by atoms with Gasteiger partial charge in [0, 0.05) is 14.2 Å². The summed E-state index contributed by atoms with van der Waals surface area (Å²) in [4.78, 5) is 39.1. The van der Waals surface area contributed by atoms with Crippen LogP contribution in [0.15, 0.2) is 12.2 Å². The van der Waals surface area contributed by atoms with Crippen molar-refractivity contribution in [1.82, 2.24) is 15.5 Å². The number of hydrogen-bond donors (Lipinski definition) is 3. The van der Waals surface area contributed by atoms with Crippen LogP contribution in [0.5, 0.6) is 0 Å². The van der Waals surface area contributed by atoms with Crippen molar-refractivity contribution in [3.63, 3.8) is 0 Å². The van der Waals surface area contributed by atoms with Gasteiger partial charge in [0.25, 0.3) is 0 Å². The average Bonchev–Trinajstić information content (AvgIpc) is 2.63. The van der Waals surface area contributed by atoms with E-state index in [1.54, 1.807) is 25.9 Å². The molecule has 0 aliphatic carbocycles. The van der Waals surface area contributed by atoms with Gasteiger partial charge in [0.15, 0.2) is 0 Å². The molecule has 0 aliphatic rings. The van der Waals surface area contributed by atoms with E-state index in [0.717, 1.165) is 6.42 Å². The van der Waals surface area contributed by atoms with E-state index in [1.165, 1.54) is 7.11 Å². The number of carbonyl (C=O) groups excluding carboxylic acids is 3. The lowest BCUT2D eigenvalue weighted by atomic mass is 9.90. The fourth-order valence-corrected chi connectivity index (χ4v) is 3.50. The number of nitrogens with two attached hydrogens (primary N) is 1. The molecule has 0 aliphatic heterocycles. The van der Waals surface area contributed by atoms with Crippen molar-refractivity contribution in [2.75, 3.05) is 21.2 Å². The number of nitrogens with zero attached hydrogens (tertiary/aromatic N) is 1. The zero-order chi connectivity index (χ0) is 22.9. The minimum atomic E-state index is -0.722. The first-order valence-electron chi connectivity index (χ1n) is 10.1. The zero-order valence-electron chi connectivity index (χ0n) is 19.2. The summed E-state index contributed by atoms with van der Waals surface area (Å²) in [5.74, 6) is -1.09. The van der Waals surface area contributed by atoms with Crippen LogP contribution in [0.4, 0.5) is 0 Å². The fourth-order valence-electron chi connectivity index (χ4n) is 3.50. The van der Waals surface area contributed by atoms with Crippen molar-refractivity contribution >= 4 is 17.7 Å². The number of ether oxygens (including phenoxy) is 1. The topological polar surface area (TPSA) is 114 Å². The highest BCUT2D eigenvalue weighted by Gasteiger charge is 2.37.